The summed E-state index contributed by atoms with van der Waals surface area (Å²) in [6.45, 7) is 2.20. The monoisotopic (exact) mass is 497 g/mol. The van der Waals surface area contributed by atoms with E-state index >= 15 is 0 Å². The highest BCUT2D eigenvalue weighted by atomic mass is 79.9. The van der Waals surface area contributed by atoms with Gasteiger partial charge in [-0.25, -0.2) is 0 Å². The number of aromatic nitrogens is 1. The highest BCUT2D eigenvalue weighted by Crippen LogP contribution is 2.31. The normalized spacial score (nSPS) is 15.4. The maximum atomic E-state index is 13.2. The molecule has 1 saturated heterocycles. The van der Waals surface area contributed by atoms with Crippen LogP contribution in [0.2, 0.25) is 0 Å². The van der Waals surface area contributed by atoms with E-state index < -0.39 is 0 Å². The second-order valence-corrected chi connectivity index (χ2v) is 8.31. The van der Waals surface area contributed by atoms with Crippen molar-refractivity contribution in [1.29, 1.82) is 0 Å². The van der Waals surface area contributed by atoms with E-state index in [0.717, 1.165) is 26.6 Å². The molecule has 2 aromatic carbocycles. The fourth-order valence-corrected chi connectivity index (χ4v) is 4.24. The Labute approximate surface area is 193 Å². The van der Waals surface area contributed by atoms with Crippen LogP contribution in [0.1, 0.15) is 12.5 Å². The first-order chi connectivity index (χ1) is 14.9. The number of benzene rings is 2. The summed E-state index contributed by atoms with van der Waals surface area (Å²) in [4.78, 5) is 28.5. The third kappa shape index (κ3) is 4.00. The van der Waals surface area contributed by atoms with E-state index in [1.165, 1.54) is 4.90 Å². The van der Waals surface area contributed by atoms with Gasteiger partial charge in [-0.05, 0) is 55.5 Å². The average Bonchev–Trinajstić information content (AvgIpc) is 3.18. The second kappa shape index (κ2) is 8.64. The molecule has 1 aliphatic heterocycles. The largest absolute Gasteiger partial charge is 0.465 e. The van der Waals surface area contributed by atoms with E-state index in [-0.39, 0.29) is 18.4 Å². The lowest BCUT2D eigenvalue weighted by Gasteiger charge is -2.16. The lowest BCUT2D eigenvalue weighted by molar-refractivity contribution is -0.143. The molecule has 1 aromatic heterocycles. The first kappa shape index (κ1) is 21.3. The van der Waals surface area contributed by atoms with Crippen LogP contribution in [0.3, 0.4) is 0 Å². The minimum atomic E-state index is -0.313. The zero-order valence-corrected chi connectivity index (χ0v) is 19.4. The molecule has 8 heteroatoms. The maximum Gasteiger partial charge on any atom is 0.325 e. The molecule has 0 aliphatic carbocycles. The first-order valence-electron chi connectivity index (χ1n) is 9.73. The SMILES string of the molecule is CCOC(=O)Cn1cc(/C=C2/C(=O)N(c3ccccc3)C(=S)N2C)c2cc(Br)ccc21. The summed E-state index contributed by atoms with van der Waals surface area (Å²) in [6.07, 6.45) is 3.67. The molecule has 0 unspecified atom stereocenters. The maximum absolute atomic E-state index is 13.2. The number of amides is 1. The summed E-state index contributed by atoms with van der Waals surface area (Å²) in [7, 11) is 1.78. The third-order valence-corrected chi connectivity index (χ3v) is 6.00. The molecule has 158 valence electrons. The van der Waals surface area contributed by atoms with Gasteiger partial charge in [0.05, 0.1) is 12.3 Å². The highest BCUT2D eigenvalue weighted by molar-refractivity contribution is 9.10. The van der Waals surface area contributed by atoms with Gasteiger partial charge in [0.25, 0.3) is 5.91 Å². The fourth-order valence-electron chi connectivity index (χ4n) is 3.60. The van der Waals surface area contributed by atoms with Gasteiger partial charge in [-0.1, -0.05) is 34.1 Å². The van der Waals surface area contributed by atoms with E-state index in [4.69, 9.17) is 17.0 Å². The van der Waals surface area contributed by atoms with Crippen molar-refractivity contribution in [2.45, 2.75) is 13.5 Å². The number of carbonyl (C=O) groups excluding carboxylic acids is 2. The topological polar surface area (TPSA) is 54.8 Å². The Morgan fingerprint density at radius 2 is 1.94 bits per heavy atom. The molecule has 0 atom stereocenters. The smallest absolute Gasteiger partial charge is 0.325 e. The number of esters is 1. The van der Waals surface area contributed by atoms with Gasteiger partial charge in [-0.3, -0.25) is 14.5 Å². The number of hydrogen-bond donors (Lipinski definition) is 0. The van der Waals surface area contributed by atoms with E-state index in [2.05, 4.69) is 15.9 Å². The van der Waals surface area contributed by atoms with Gasteiger partial charge in [0.1, 0.15) is 12.2 Å². The van der Waals surface area contributed by atoms with Gasteiger partial charge in [-0.2, -0.15) is 0 Å². The number of hydrogen-bond acceptors (Lipinski definition) is 4. The number of thiocarbonyl (C=S) groups is 1. The summed E-state index contributed by atoms with van der Waals surface area (Å²) in [6, 6.07) is 15.1. The Bertz CT molecular complexity index is 1220. The zero-order valence-electron chi connectivity index (χ0n) is 17.0. The lowest BCUT2D eigenvalue weighted by Crippen LogP contribution is -2.30. The second-order valence-electron chi connectivity index (χ2n) is 7.03. The van der Waals surface area contributed by atoms with Gasteiger partial charge in [0.2, 0.25) is 0 Å². The van der Waals surface area contributed by atoms with E-state index in [1.54, 1.807) is 18.9 Å². The lowest BCUT2D eigenvalue weighted by atomic mass is 10.1. The molecular weight excluding hydrogens is 478 g/mol. The standard InChI is InChI=1S/C23H20BrN3O3S/c1-3-30-21(28)14-26-13-15(18-12-16(24)9-10-19(18)26)11-20-22(29)27(23(31)25(20)2)17-7-5-4-6-8-17/h4-13H,3,14H2,1-2H3/b20-11-. The number of carbonyl (C=O) groups is 2. The van der Waals surface area contributed by atoms with Crippen LogP contribution in [-0.2, 0) is 20.9 Å². The van der Waals surface area contributed by atoms with Gasteiger partial charge < -0.3 is 14.2 Å². The van der Waals surface area contributed by atoms with Crippen molar-refractivity contribution in [3.8, 4) is 0 Å². The molecule has 2 heterocycles. The highest BCUT2D eigenvalue weighted by Gasteiger charge is 2.36. The molecule has 0 spiro atoms. The number of para-hydroxylation sites is 1. The number of anilines is 1. The van der Waals surface area contributed by atoms with Crippen LogP contribution in [0, 0.1) is 0 Å². The number of likely N-dealkylation sites (N-methyl/N-ethyl adjacent to an activating group) is 1. The predicted molar refractivity (Wildman–Crippen MR) is 129 cm³/mol. The van der Waals surface area contributed by atoms with Gasteiger partial charge >= 0.3 is 5.97 Å². The van der Waals surface area contributed by atoms with Crippen LogP contribution < -0.4 is 4.90 Å². The Morgan fingerprint density at radius 1 is 1.19 bits per heavy atom. The van der Waals surface area contributed by atoms with Gasteiger partial charge in [0.15, 0.2) is 5.11 Å². The van der Waals surface area contributed by atoms with Crippen LogP contribution in [0.5, 0.6) is 0 Å². The molecule has 31 heavy (non-hydrogen) atoms. The van der Waals surface area contributed by atoms with Crippen LogP contribution in [0.25, 0.3) is 17.0 Å². The Kier molecular flexibility index (Phi) is 5.93. The molecule has 0 radical (unpaired) electrons. The molecular formula is C23H20BrN3O3S. The first-order valence-corrected chi connectivity index (χ1v) is 10.9. The van der Waals surface area contributed by atoms with E-state index in [1.807, 2.05) is 65.4 Å². The van der Waals surface area contributed by atoms with E-state index in [0.29, 0.717) is 17.4 Å². The summed E-state index contributed by atoms with van der Waals surface area (Å²) in [5, 5.41) is 1.33. The fraction of sp³-hybridized carbons (Fsp3) is 0.174. The van der Waals surface area contributed by atoms with Crippen molar-refractivity contribution in [1.82, 2.24) is 9.47 Å². The van der Waals surface area contributed by atoms with Crippen molar-refractivity contribution in [2.75, 3.05) is 18.6 Å². The quantitative estimate of drug-likeness (QED) is 0.293. The molecule has 0 N–H and O–H groups in total. The number of fused-ring (bicyclic) bond motifs is 1. The average molecular weight is 498 g/mol. The predicted octanol–water partition coefficient (Wildman–Crippen LogP) is 4.57. The van der Waals surface area contributed by atoms with E-state index in [9.17, 15) is 9.59 Å². The molecule has 6 nitrogen and oxygen atoms in total. The Balaban J connectivity index is 1.78. The summed E-state index contributed by atoms with van der Waals surface area (Å²) in [5.41, 5.74) is 2.87. The minimum absolute atomic E-state index is 0.0908. The number of halogens is 1. The van der Waals surface area contributed by atoms with Gasteiger partial charge in [0, 0.05) is 34.2 Å². The van der Waals surface area contributed by atoms with Crippen molar-refractivity contribution in [2.24, 2.45) is 0 Å². The zero-order chi connectivity index (χ0) is 22.1. The van der Waals surface area contributed by atoms with Crippen molar-refractivity contribution < 1.29 is 14.3 Å². The number of nitrogens with zero attached hydrogens (tertiary/aromatic N) is 3. The van der Waals surface area contributed by atoms with Crippen LogP contribution in [0.15, 0.2) is 64.9 Å². The molecule has 1 aliphatic rings. The number of ether oxygens (including phenoxy) is 1. The molecule has 4 rings (SSSR count). The summed E-state index contributed by atoms with van der Waals surface area (Å²) in [5.74, 6) is -0.507. The Morgan fingerprint density at radius 3 is 2.65 bits per heavy atom. The minimum Gasteiger partial charge on any atom is -0.465 e. The Hall–Kier alpha value is -2.97. The summed E-state index contributed by atoms with van der Waals surface area (Å²) < 4.78 is 7.84. The molecule has 1 amide bonds. The molecule has 1 fully saturated rings. The molecule has 3 aromatic rings. The molecule has 0 bridgehead atoms. The molecule has 0 saturated carbocycles. The van der Waals surface area contributed by atoms with Crippen molar-refractivity contribution in [3.05, 3.63) is 70.5 Å². The van der Waals surface area contributed by atoms with Crippen molar-refractivity contribution >= 4 is 67.8 Å². The van der Waals surface area contributed by atoms with Crippen LogP contribution in [0.4, 0.5) is 5.69 Å². The van der Waals surface area contributed by atoms with Crippen molar-refractivity contribution in [3.63, 3.8) is 0 Å². The third-order valence-electron chi connectivity index (χ3n) is 5.05. The van der Waals surface area contributed by atoms with Crippen LogP contribution >= 0.6 is 28.1 Å². The van der Waals surface area contributed by atoms with Crippen LogP contribution in [-0.4, -0.2) is 40.1 Å². The summed E-state index contributed by atoms with van der Waals surface area (Å²) >= 11 is 9.05. The van der Waals surface area contributed by atoms with Gasteiger partial charge in [-0.15, -0.1) is 0 Å². The number of rotatable bonds is 5.